The molecule has 0 aromatic heterocycles. The van der Waals surface area contributed by atoms with Gasteiger partial charge >= 0.3 is 0 Å². The van der Waals surface area contributed by atoms with E-state index in [4.69, 9.17) is 17.0 Å². The van der Waals surface area contributed by atoms with Gasteiger partial charge in [0.1, 0.15) is 12.4 Å². The number of nitrogens with one attached hydrogen (secondary N) is 1. The molecule has 2 unspecified atom stereocenters. The predicted octanol–water partition coefficient (Wildman–Crippen LogP) is 3.05. The molecule has 0 aliphatic carbocycles. The average Bonchev–Trinajstić information content (AvgIpc) is 2.79. The lowest BCUT2D eigenvalue weighted by atomic mass is 9.99. The predicted molar refractivity (Wildman–Crippen MR) is 87.7 cm³/mol. The largest absolute Gasteiger partial charge is 0.488 e. The molecule has 3 nitrogen and oxygen atoms in total. The quantitative estimate of drug-likeness (QED) is 0.849. The molecule has 0 amide bonds. The monoisotopic (exact) mass is 348 g/mol. The molecule has 1 saturated heterocycles. The van der Waals surface area contributed by atoms with E-state index in [1.807, 2.05) is 0 Å². The molecule has 2 heterocycles. The third-order valence-corrected chi connectivity index (χ3v) is 4.45. The van der Waals surface area contributed by atoms with Crippen LogP contribution in [-0.2, 0) is 6.42 Å². The Morgan fingerprint density at radius 3 is 2.91 bits per heavy atom. The number of nitrogens with zero attached hydrogens (tertiary/aromatic N) is 1. The topological polar surface area (TPSA) is 24.5 Å². The van der Waals surface area contributed by atoms with Crippen LogP contribution in [0.1, 0.15) is 25.3 Å². The molecule has 0 radical (unpaired) electrons. The number of benzene rings is 1. The number of hydrogen-bond acceptors (Lipinski definition) is 2. The summed E-state index contributed by atoms with van der Waals surface area (Å²) in [5, 5.41) is 3.91. The van der Waals surface area contributed by atoms with E-state index in [0.717, 1.165) is 25.5 Å². The fraction of sp³-hybridized carbons (Fsp3) is 0.533. The van der Waals surface area contributed by atoms with Gasteiger partial charge in [0.25, 0.3) is 0 Å². The van der Waals surface area contributed by atoms with Gasteiger partial charge in [-0.1, -0.05) is 13.3 Å². The van der Waals surface area contributed by atoms with Crippen molar-refractivity contribution in [1.82, 2.24) is 10.2 Å². The minimum absolute atomic E-state index is 0. The molecule has 2 atom stereocenters. The van der Waals surface area contributed by atoms with Gasteiger partial charge in [-0.25, -0.2) is 8.78 Å². The van der Waals surface area contributed by atoms with Crippen molar-refractivity contribution in [1.29, 1.82) is 0 Å². The lowest BCUT2D eigenvalue weighted by Gasteiger charge is -2.36. The van der Waals surface area contributed by atoms with Gasteiger partial charge in [0.05, 0.1) is 6.04 Å². The third-order valence-electron chi connectivity index (χ3n) is 4.09. The van der Waals surface area contributed by atoms with Crippen LogP contribution in [0.15, 0.2) is 12.1 Å². The van der Waals surface area contributed by atoms with Gasteiger partial charge in [0.2, 0.25) is 0 Å². The molecule has 2 aliphatic heterocycles. The Balaban J connectivity index is 0.00000176. The first-order chi connectivity index (χ1) is 10.1. The molecule has 7 heteroatoms. The van der Waals surface area contributed by atoms with Crippen molar-refractivity contribution in [2.45, 2.75) is 38.3 Å². The van der Waals surface area contributed by atoms with Crippen LogP contribution in [0.5, 0.6) is 5.75 Å². The lowest BCUT2D eigenvalue weighted by molar-refractivity contribution is 0.149. The standard InChI is InChI=1S/C15H18F2N2OS.ClH/c1-2-3-11-7-18-15(21)19(11)12-5-9-4-10(16)6-13(17)14(9)20-8-12;/h4,6,11-12H,2-3,5,7-8H2,1H3,(H,18,21);1H. The van der Waals surface area contributed by atoms with Crippen LogP contribution < -0.4 is 10.1 Å². The Hall–Kier alpha value is -1.14. The second kappa shape index (κ2) is 6.96. The minimum atomic E-state index is -0.629. The van der Waals surface area contributed by atoms with E-state index in [0.29, 0.717) is 29.7 Å². The van der Waals surface area contributed by atoms with Gasteiger partial charge in [-0.3, -0.25) is 0 Å². The van der Waals surface area contributed by atoms with Gasteiger partial charge in [0.15, 0.2) is 16.7 Å². The molecule has 1 fully saturated rings. The Morgan fingerprint density at radius 2 is 2.18 bits per heavy atom. The van der Waals surface area contributed by atoms with Crippen molar-refractivity contribution in [3.63, 3.8) is 0 Å². The van der Waals surface area contributed by atoms with Crippen LogP contribution in [0.2, 0.25) is 0 Å². The Bertz CT molecular complexity index is 573. The summed E-state index contributed by atoms with van der Waals surface area (Å²) in [6, 6.07) is 2.57. The number of ether oxygens (including phenoxy) is 1. The molecule has 1 N–H and O–H groups in total. The number of halogens is 3. The van der Waals surface area contributed by atoms with E-state index in [1.165, 1.54) is 6.07 Å². The summed E-state index contributed by atoms with van der Waals surface area (Å²) in [4.78, 5) is 2.14. The fourth-order valence-electron chi connectivity index (χ4n) is 3.20. The summed E-state index contributed by atoms with van der Waals surface area (Å²) in [6.45, 7) is 3.34. The number of rotatable bonds is 3. The van der Waals surface area contributed by atoms with Crippen LogP contribution >= 0.6 is 24.6 Å². The highest BCUT2D eigenvalue weighted by atomic mass is 35.5. The van der Waals surface area contributed by atoms with Crippen LogP contribution in [0.25, 0.3) is 0 Å². The molecular weight excluding hydrogens is 330 g/mol. The first-order valence-electron chi connectivity index (χ1n) is 7.27. The summed E-state index contributed by atoms with van der Waals surface area (Å²) in [6.07, 6.45) is 2.65. The highest BCUT2D eigenvalue weighted by Crippen LogP contribution is 2.32. The van der Waals surface area contributed by atoms with Gasteiger partial charge in [0, 0.05) is 30.6 Å². The summed E-state index contributed by atoms with van der Waals surface area (Å²) < 4.78 is 32.6. The maximum atomic E-state index is 13.7. The zero-order chi connectivity index (χ0) is 15.0. The molecular formula is C15H19ClF2N2OS. The first kappa shape index (κ1) is 17.2. The Kier molecular flexibility index (Phi) is 5.45. The van der Waals surface area contributed by atoms with Crippen molar-refractivity contribution >= 4 is 29.7 Å². The van der Waals surface area contributed by atoms with E-state index in [-0.39, 0.29) is 24.2 Å². The fourth-order valence-corrected chi connectivity index (χ4v) is 3.58. The molecule has 3 rings (SSSR count). The van der Waals surface area contributed by atoms with Gasteiger partial charge in [-0.2, -0.15) is 0 Å². The number of hydrogen-bond donors (Lipinski definition) is 1. The van der Waals surface area contributed by atoms with Crippen molar-refractivity contribution in [3.05, 3.63) is 29.3 Å². The maximum absolute atomic E-state index is 13.7. The second-order valence-electron chi connectivity index (χ2n) is 5.58. The number of fused-ring (bicyclic) bond motifs is 1. The van der Waals surface area contributed by atoms with E-state index in [9.17, 15) is 8.78 Å². The van der Waals surface area contributed by atoms with Crippen LogP contribution in [0.3, 0.4) is 0 Å². The Labute approximate surface area is 140 Å². The van der Waals surface area contributed by atoms with E-state index in [2.05, 4.69) is 17.1 Å². The molecule has 22 heavy (non-hydrogen) atoms. The van der Waals surface area contributed by atoms with E-state index < -0.39 is 11.6 Å². The minimum Gasteiger partial charge on any atom is -0.488 e. The second-order valence-corrected chi connectivity index (χ2v) is 5.97. The lowest BCUT2D eigenvalue weighted by Crippen LogP contribution is -2.48. The van der Waals surface area contributed by atoms with Crippen LogP contribution in [-0.4, -0.2) is 35.2 Å². The summed E-state index contributed by atoms with van der Waals surface area (Å²) >= 11 is 5.37. The highest BCUT2D eigenvalue weighted by molar-refractivity contribution is 7.80. The molecule has 1 aromatic rings. The summed E-state index contributed by atoms with van der Waals surface area (Å²) in [5.74, 6) is -1.02. The summed E-state index contributed by atoms with van der Waals surface area (Å²) in [7, 11) is 0. The highest BCUT2D eigenvalue weighted by Gasteiger charge is 2.36. The van der Waals surface area contributed by atoms with Crippen molar-refractivity contribution in [3.8, 4) is 5.75 Å². The average molecular weight is 349 g/mol. The summed E-state index contributed by atoms with van der Waals surface area (Å²) in [5.41, 5.74) is 0.577. The normalized spacial score (nSPS) is 23.4. The van der Waals surface area contributed by atoms with Gasteiger partial charge in [-0.05, 0) is 24.7 Å². The van der Waals surface area contributed by atoms with Crippen LogP contribution in [0, 0.1) is 11.6 Å². The maximum Gasteiger partial charge on any atom is 0.169 e. The van der Waals surface area contributed by atoms with Crippen molar-refractivity contribution in [2.24, 2.45) is 0 Å². The molecule has 122 valence electrons. The molecule has 2 aliphatic rings. The zero-order valence-electron chi connectivity index (χ0n) is 12.3. The molecule has 0 saturated carbocycles. The van der Waals surface area contributed by atoms with Crippen molar-refractivity contribution < 1.29 is 13.5 Å². The van der Waals surface area contributed by atoms with Crippen LogP contribution in [0.4, 0.5) is 8.78 Å². The third kappa shape index (κ3) is 3.13. The van der Waals surface area contributed by atoms with Gasteiger partial charge in [-0.15, -0.1) is 12.4 Å². The molecule has 0 bridgehead atoms. The van der Waals surface area contributed by atoms with Gasteiger partial charge < -0.3 is 15.0 Å². The van der Waals surface area contributed by atoms with E-state index in [1.54, 1.807) is 0 Å². The zero-order valence-corrected chi connectivity index (χ0v) is 13.9. The number of thiocarbonyl (C=S) groups is 1. The van der Waals surface area contributed by atoms with Crippen molar-refractivity contribution in [2.75, 3.05) is 13.2 Å². The van der Waals surface area contributed by atoms with E-state index >= 15 is 0 Å². The molecule has 0 spiro atoms. The molecule has 1 aromatic carbocycles. The Morgan fingerprint density at radius 1 is 1.41 bits per heavy atom. The first-order valence-corrected chi connectivity index (χ1v) is 7.68. The smallest absolute Gasteiger partial charge is 0.169 e. The SMILES string of the molecule is CCCC1CNC(=S)N1C1COc2c(F)cc(F)cc2C1.Cl.